The van der Waals surface area contributed by atoms with Crippen LogP contribution in [-0.2, 0) is 17.5 Å². The van der Waals surface area contributed by atoms with E-state index in [4.69, 9.17) is 16.3 Å². The van der Waals surface area contributed by atoms with Crippen molar-refractivity contribution < 1.29 is 17.9 Å². The van der Waals surface area contributed by atoms with Gasteiger partial charge in [0.25, 0.3) is 0 Å². The lowest BCUT2D eigenvalue weighted by molar-refractivity contribution is -0.137. The Labute approximate surface area is 206 Å². The first kappa shape index (κ1) is 26.2. The molecule has 0 bridgehead atoms. The van der Waals surface area contributed by atoms with Gasteiger partial charge in [-0.05, 0) is 46.3 Å². The second kappa shape index (κ2) is 11.4. The van der Waals surface area contributed by atoms with E-state index < -0.39 is 11.7 Å². The number of hydrogen-bond acceptors (Lipinski definition) is 6. The van der Waals surface area contributed by atoms with E-state index in [2.05, 4.69) is 20.4 Å². The van der Waals surface area contributed by atoms with Gasteiger partial charge in [0.2, 0.25) is 0 Å². The summed E-state index contributed by atoms with van der Waals surface area (Å²) in [5.74, 6) is 0.682. The molecule has 1 saturated heterocycles. The van der Waals surface area contributed by atoms with Crippen LogP contribution in [0, 0.1) is 0 Å². The first-order chi connectivity index (χ1) is 15.9. The molecule has 1 atom stereocenters. The van der Waals surface area contributed by atoms with Gasteiger partial charge in [-0.25, -0.2) is 4.68 Å². The zero-order valence-corrected chi connectivity index (χ0v) is 20.0. The molecule has 2 aromatic carbocycles. The number of halogens is 5. The van der Waals surface area contributed by atoms with Gasteiger partial charge in [0.05, 0.1) is 24.8 Å². The molecule has 7 nitrogen and oxygen atoms in total. The Balaban J connectivity index is 0.00000324. The Kier molecular flexibility index (Phi) is 8.75. The Morgan fingerprint density at radius 3 is 2.41 bits per heavy atom. The predicted octanol–water partition coefficient (Wildman–Crippen LogP) is 4.33. The second-order valence-electron chi connectivity index (χ2n) is 7.78. The summed E-state index contributed by atoms with van der Waals surface area (Å²) < 4.78 is 46.3. The molecule has 0 amide bonds. The molecule has 0 radical (unpaired) electrons. The maximum Gasteiger partial charge on any atom is 0.416 e. The summed E-state index contributed by atoms with van der Waals surface area (Å²) in [6, 6.07) is 12.8. The van der Waals surface area contributed by atoms with Gasteiger partial charge in [-0.15, -0.1) is 17.5 Å². The van der Waals surface area contributed by atoms with Crippen LogP contribution < -0.4 is 4.90 Å². The summed E-state index contributed by atoms with van der Waals surface area (Å²) in [4.78, 5) is 4.21. The molecule has 1 unspecified atom stereocenters. The number of methoxy groups -OCH3 is 1. The molecule has 1 aliphatic heterocycles. The smallest absolute Gasteiger partial charge is 0.383 e. The molecule has 0 aliphatic carbocycles. The van der Waals surface area contributed by atoms with E-state index in [0.717, 1.165) is 11.6 Å². The molecule has 34 heavy (non-hydrogen) atoms. The minimum absolute atomic E-state index is 0. The highest BCUT2D eigenvalue weighted by molar-refractivity contribution is 6.30. The summed E-state index contributed by atoms with van der Waals surface area (Å²) in [5.41, 5.74) is 0.914. The molecule has 3 aromatic rings. The summed E-state index contributed by atoms with van der Waals surface area (Å²) in [6.07, 6.45) is -4.36. The molecule has 1 aliphatic rings. The lowest BCUT2D eigenvalue weighted by Crippen LogP contribution is -2.48. The Bertz CT molecular complexity index is 1060. The Morgan fingerprint density at radius 2 is 1.76 bits per heavy atom. The van der Waals surface area contributed by atoms with Gasteiger partial charge in [-0.1, -0.05) is 29.8 Å². The third-order valence-corrected chi connectivity index (χ3v) is 5.97. The number of ether oxygens (including phenoxy) is 1. The number of anilines is 1. The fourth-order valence-corrected chi connectivity index (χ4v) is 4.16. The van der Waals surface area contributed by atoms with Crippen molar-refractivity contribution in [3.05, 3.63) is 70.5 Å². The minimum Gasteiger partial charge on any atom is -0.383 e. The molecular weight excluding hydrogens is 492 g/mol. The summed E-state index contributed by atoms with van der Waals surface area (Å²) in [5, 5.41) is 12.9. The van der Waals surface area contributed by atoms with Crippen LogP contribution in [0.3, 0.4) is 0 Å². The molecule has 4 rings (SSSR count). The Hall–Kier alpha value is -2.40. The van der Waals surface area contributed by atoms with Crippen LogP contribution in [0.15, 0.2) is 48.5 Å². The number of tetrazole rings is 1. The van der Waals surface area contributed by atoms with E-state index in [1.54, 1.807) is 17.9 Å². The Morgan fingerprint density at radius 1 is 1.06 bits per heavy atom. The highest BCUT2D eigenvalue weighted by Gasteiger charge is 2.33. The fraction of sp³-hybridized carbons (Fsp3) is 0.409. The maximum atomic E-state index is 13.1. The maximum absolute atomic E-state index is 13.1. The van der Waals surface area contributed by atoms with Crippen molar-refractivity contribution in [1.82, 2.24) is 25.1 Å². The van der Waals surface area contributed by atoms with E-state index in [1.807, 2.05) is 29.2 Å². The molecule has 184 valence electrons. The van der Waals surface area contributed by atoms with Crippen molar-refractivity contribution in [2.24, 2.45) is 0 Å². The highest BCUT2D eigenvalue weighted by atomic mass is 35.5. The van der Waals surface area contributed by atoms with Gasteiger partial charge in [-0.3, -0.25) is 4.90 Å². The van der Waals surface area contributed by atoms with Crippen LogP contribution in [0.1, 0.15) is 23.0 Å². The number of benzene rings is 2. The number of alkyl halides is 3. The first-order valence-corrected chi connectivity index (χ1v) is 10.9. The quantitative estimate of drug-likeness (QED) is 0.466. The average Bonchev–Trinajstić information content (AvgIpc) is 3.27. The third kappa shape index (κ3) is 5.99. The van der Waals surface area contributed by atoms with Gasteiger partial charge >= 0.3 is 6.18 Å². The van der Waals surface area contributed by atoms with Crippen molar-refractivity contribution in [2.45, 2.75) is 18.8 Å². The molecule has 0 N–H and O–H groups in total. The van der Waals surface area contributed by atoms with Crippen LogP contribution in [0.25, 0.3) is 0 Å². The SMILES string of the molecule is COCCn1nnnc1C(c1ccc(Cl)cc1)N1CCN(c2cccc(C(F)(F)F)c2)CC1.Cl. The molecule has 0 saturated carbocycles. The average molecular weight is 517 g/mol. The van der Waals surface area contributed by atoms with Crippen LogP contribution in [-0.4, -0.2) is 65.0 Å². The van der Waals surface area contributed by atoms with Gasteiger partial charge in [-0.2, -0.15) is 13.2 Å². The van der Waals surface area contributed by atoms with Crippen molar-refractivity contribution in [3.63, 3.8) is 0 Å². The van der Waals surface area contributed by atoms with E-state index in [0.29, 0.717) is 55.9 Å². The van der Waals surface area contributed by atoms with E-state index in [9.17, 15) is 13.2 Å². The lowest BCUT2D eigenvalue weighted by Gasteiger charge is -2.40. The van der Waals surface area contributed by atoms with Crippen LogP contribution in [0.4, 0.5) is 18.9 Å². The topological polar surface area (TPSA) is 59.3 Å². The number of rotatable bonds is 7. The van der Waals surface area contributed by atoms with E-state index in [1.165, 1.54) is 12.1 Å². The molecule has 2 heterocycles. The highest BCUT2D eigenvalue weighted by Crippen LogP contribution is 2.33. The molecule has 1 fully saturated rings. The van der Waals surface area contributed by atoms with Gasteiger partial charge in [0.1, 0.15) is 0 Å². The number of piperazine rings is 1. The largest absolute Gasteiger partial charge is 0.416 e. The standard InChI is InChI=1S/C22H24ClF3N6O.ClH/c1-33-14-13-32-21(27-28-29-32)20(16-5-7-18(23)8-6-16)31-11-9-30(10-12-31)19-4-2-3-17(15-19)22(24,25)26;/h2-8,15,20H,9-14H2,1H3;1H. The number of aromatic nitrogens is 4. The predicted molar refractivity (Wildman–Crippen MR) is 125 cm³/mol. The molecule has 12 heteroatoms. The van der Waals surface area contributed by atoms with E-state index in [-0.39, 0.29) is 18.4 Å². The molecular formula is C22H25Cl2F3N6O. The summed E-state index contributed by atoms with van der Waals surface area (Å²) in [6.45, 7) is 3.37. The van der Waals surface area contributed by atoms with E-state index >= 15 is 0 Å². The van der Waals surface area contributed by atoms with Crippen molar-refractivity contribution in [2.75, 3.05) is 44.8 Å². The lowest BCUT2D eigenvalue weighted by atomic mass is 10.0. The summed E-state index contributed by atoms with van der Waals surface area (Å²) >= 11 is 6.10. The van der Waals surface area contributed by atoms with Gasteiger partial charge in [0.15, 0.2) is 5.82 Å². The van der Waals surface area contributed by atoms with Crippen LogP contribution in [0.5, 0.6) is 0 Å². The zero-order valence-electron chi connectivity index (χ0n) is 18.5. The molecule has 1 aromatic heterocycles. The van der Waals surface area contributed by atoms with Crippen LogP contribution >= 0.6 is 24.0 Å². The molecule has 0 spiro atoms. The minimum atomic E-state index is -4.36. The monoisotopic (exact) mass is 516 g/mol. The summed E-state index contributed by atoms with van der Waals surface area (Å²) in [7, 11) is 1.62. The van der Waals surface area contributed by atoms with Crippen LogP contribution in [0.2, 0.25) is 5.02 Å². The second-order valence-corrected chi connectivity index (χ2v) is 8.21. The number of nitrogens with zero attached hydrogens (tertiary/aromatic N) is 6. The third-order valence-electron chi connectivity index (χ3n) is 5.72. The van der Waals surface area contributed by atoms with Gasteiger partial charge < -0.3 is 9.64 Å². The van der Waals surface area contributed by atoms with Gasteiger partial charge in [0, 0.05) is 44.0 Å². The van der Waals surface area contributed by atoms with Crippen molar-refractivity contribution >= 4 is 29.7 Å². The van der Waals surface area contributed by atoms with Crippen molar-refractivity contribution in [1.29, 1.82) is 0 Å². The zero-order chi connectivity index (χ0) is 23.4. The van der Waals surface area contributed by atoms with Crippen molar-refractivity contribution in [3.8, 4) is 0 Å². The number of hydrogen-bond donors (Lipinski definition) is 0. The normalized spacial score (nSPS) is 15.7. The fourth-order valence-electron chi connectivity index (χ4n) is 4.03. The first-order valence-electron chi connectivity index (χ1n) is 10.5.